The zero-order valence-electron chi connectivity index (χ0n) is 10.6. The third-order valence-electron chi connectivity index (χ3n) is 3.20. The Morgan fingerprint density at radius 1 is 1.14 bits per heavy atom. The summed E-state index contributed by atoms with van der Waals surface area (Å²) in [6.45, 7) is 0. The Bertz CT molecular complexity index is 686. The second-order valence-electron chi connectivity index (χ2n) is 4.59. The van der Waals surface area contributed by atoms with Crippen LogP contribution >= 0.6 is 0 Å². The summed E-state index contributed by atoms with van der Waals surface area (Å²) in [5.41, 5.74) is 0.401. The summed E-state index contributed by atoms with van der Waals surface area (Å²) in [5.74, 6) is 0. The van der Waals surface area contributed by atoms with Crippen molar-refractivity contribution in [2.24, 2.45) is 0 Å². The smallest absolute Gasteiger partial charge is 0.325 e. The molecule has 0 saturated carbocycles. The van der Waals surface area contributed by atoms with Gasteiger partial charge in [0, 0.05) is 17.4 Å². The highest BCUT2D eigenvalue weighted by atomic mass is 19.4. The van der Waals surface area contributed by atoms with Crippen molar-refractivity contribution in [1.82, 2.24) is 10.3 Å². The molecule has 1 aromatic heterocycles. The van der Waals surface area contributed by atoms with Crippen LogP contribution in [0.3, 0.4) is 0 Å². The van der Waals surface area contributed by atoms with E-state index in [4.69, 9.17) is 0 Å². The quantitative estimate of drug-likeness (QED) is 0.847. The highest BCUT2D eigenvalue weighted by Gasteiger charge is 2.34. The number of amides is 2. The molecule has 1 unspecified atom stereocenters. The fourth-order valence-corrected chi connectivity index (χ4v) is 2.24. The van der Waals surface area contributed by atoms with Crippen LogP contribution < -0.4 is 10.6 Å². The normalized spacial score (nSPS) is 17.7. The molecule has 2 heterocycles. The Labute approximate surface area is 118 Å². The number of pyridine rings is 1. The molecule has 21 heavy (non-hydrogen) atoms. The minimum Gasteiger partial charge on any atom is -0.325 e. The number of rotatable bonds is 1. The average molecular weight is 293 g/mol. The van der Waals surface area contributed by atoms with Gasteiger partial charge in [-0.15, -0.1) is 0 Å². The van der Waals surface area contributed by atoms with Crippen molar-refractivity contribution in [2.75, 3.05) is 5.32 Å². The van der Waals surface area contributed by atoms with Crippen molar-refractivity contribution in [1.29, 1.82) is 0 Å². The maximum Gasteiger partial charge on any atom is 0.416 e. The first-order valence-electron chi connectivity index (χ1n) is 6.15. The monoisotopic (exact) mass is 293 g/mol. The zero-order valence-corrected chi connectivity index (χ0v) is 10.6. The van der Waals surface area contributed by atoms with Gasteiger partial charge in [-0.1, -0.05) is 6.07 Å². The number of hydrogen-bond acceptors (Lipinski definition) is 2. The Morgan fingerprint density at radius 2 is 1.95 bits per heavy atom. The van der Waals surface area contributed by atoms with Gasteiger partial charge >= 0.3 is 12.2 Å². The van der Waals surface area contributed by atoms with Crippen LogP contribution in [0.1, 0.15) is 22.9 Å². The summed E-state index contributed by atoms with van der Waals surface area (Å²) in [4.78, 5) is 15.7. The van der Waals surface area contributed by atoms with Crippen molar-refractivity contribution in [3.05, 3.63) is 59.4 Å². The third-order valence-corrected chi connectivity index (χ3v) is 3.20. The van der Waals surface area contributed by atoms with Crippen LogP contribution in [0.25, 0.3) is 0 Å². The summed E-state index contributed by atoms with van der Waals surface area (Å²) in [5, 5.41) is 5.08. The molecule has 1 aliphatic heterocycles. The van der Waals surface area contributed by atoms with Crippen LogP contribution in [0, 0.1) is 0 Å². The molecule has 7 heteroatoms. The SMILES string of the molecule is O=C1Nc2ccc(C(F)(F)F)cc2C(c2ccccn2)N1. The lowest BCUT2D eigenvalue weighted by atomic mass is 9.97. The number of fused-ring (bicyclic) bond motifs is 1. The molecule has 0 spiro atoms. The maximum atomic E-state index is 12.8. The van der Waals surface area contributed by atoms with Gasteiger partial charge in [-0.05, 0) is 30.3 Å². The largest absolute Gasteiger partial charge is 0.416 e. The minimum atomic E-state index is -4.44. The summed E-state index contributed by atoms with van der Waals surface area (Å²) >= 11 is 0. The summed E-state index contributed by atoms with van der Waals surface area (Å²) in [6.07, 6.45) is -2.91. The molecule has 0 bridgehead atoms. The molecular weight excluding hydrogens is 283 g/mol. The fraction of sp³-hybridized carbons (Fsp3) is 0.143. The van der Waals surface area contributed by atoms with Gasteiger partial charge in [0.1, 0.15) is 6.04 Å². The van der Waals surface area contributed by atoms with Crippen molar-refractivity contribution < 1.29 is 18.0 Å². The lowest BCUT2D eigenvalue weighted by Gasteiger charge is -2.27. The van der Waals surface area contributed by atoms with Crippen LogP contribution in [-0.2, 0) is 6.18 Å². The van der Waals surface area contributed by atoms with Crippen LogP contribution in [-0.4, -0.2) is 11.0 Å². The van der Waals surface area contributed by atoms with Gasteiger partial charge in [0.25, 0.3) is 0 Å². The van der Waals surface area contributed by atoms with Gasteiger partial charge in [0.2, 0.25) is 0 Å². The van der Waals surface area contributed by atoms with Gasteiger partial charge in [0.15, 0.2) is 0 Å². The molecule has 1 aromatic carbocycles. The second-order valence-corrected chi connectivity index (χ2v) is 4.59. The van der Waals surface area contributed by atoms with Crippen molar-refractivity contribution in [3.8, 4) is 0 Å². The highest BCUT2D eigenvalue weighted by molar-refractivity contribution is 5.93. The summed E-state index contributed by atoms with van der Waals surface area (Å²) in [6, 6.07) is 7.10. The Balaban J connectivity index is 2.12. The highest BCUT2D eigenvalue weighted by Crippen LogP contribution is 2.36. The lowest BCUT2D eigenvalue weighted by molar-refractivity contribution is -0.137. The predicted molar refractivity (Wildman–Crippen MR) is 69.7 cm³/mol. The van der Waals surface area contributed by atoms with Gasteiger partial charge in [-0.25, -0.2) is 4.79 Å². The Kier molecular flexibility index (Phi) is 3.04. The number of aromatic nitrogens is 1. The van der Waals surface area contributed by atoms with Gasteiger partial charge < -0.3 is 10.6 Å². The molecule has 0 fully saturated rings. The van der Waals surface area contributed by atoms with E-state index in [-0.39, 0.29) is 0 Å². The Morgan fingerprint density at radius 3 is 2.62 bits per heavy atom. The number of nitrogens with zero attached hydrogens (tertiary/aromatic N) is 1. The molecule has 108 valence electrons. The number of halogens is 3. The third kappa shape index (κ3) is 2.54. The number of benzene rings is 1. The molecular formula is C14H10F3N3O. The molecule has 2 N–H and O–H groups in total. The molecule has 2 amide bonds. The average Bonchev–Trinajstić information content (AvgIpc) is 2.46. The van der Waals surface area contributed by atoms with Crippen molar-refractivity contribution in [3.63, 3.8) is 0 Å². The molecule has 1 atom stereocenters. The first-order chi connectivity index (χ1) is 9.95. The number of hydrogen-bond donors (Lipinski definition) is 2. The second kappa shape index (κ2) is 4.76. The van der Waals surface area contributed by atoms with E-state index in [9.17, 15) is 18.0 Å². The van der Waals surface area contributed by atoms with E-state index in [1.807, 2.05) is 0 Å². The van der Waals surface area contributed by atoms with Crippen LogP contribution in [0.4, 0.5) is 23.7 Å². The van der Waals surface area contributed by atoms with Gasteiger partial charge in [0.05, 0.1) is 11.3 Å². The van der Waals surface area contributed by atoms with E-state index >= 15 is 0 Å². The minimum absolute atomic E-state index is 0.336. The van der Waals surface area contributed by atoms with Crippen LogP contribution in [0.5, 0.6) is 0 Å². The van der Waals surface area contributed by atoms with Gasteiger partial charge in [-0.3, -0.25) is 4.98 Å². The first kappa shape index (κ1) is 13.4. The first-order valence-corrected chi connectivity index (χ1v) is 6.15. The van der Waals surface area contributed by atoms with Crippen molar-refractivity contribution >= 4 is 11.7 Å². The van der Waals surface area contributed by atoms with Crippen LogP contribution in [0.15, 0.2) is 42.6 Å². The number of nitrogens with one attached hydrogen (secondary N) is 2. The number of urea groups is 1. The number of alkyl halides is 3. The number of carbonyl (C=O) groups is 1. The predicted octanol–water partition coefficient (Wildman–Crippen LogP) is 3.32. The lowest BCUT2D eigenvalue weighted by Crippen LogP contribution is -2.38. The van der Waals surface area contributed by atoms with E-state index < -0.39 is 23.8 Å². The maximum absolute atomic E-state index is 12.8. The molecule has 2 aromatic rings. The van der Waals surface area contributed by atoms with E-state index in [1.54, 1.807) is 18.2 Å². The van der Waals surface area contributed by atoms with Crippen LogP contribution in [0.2, 0.25) is 0 Å². The molecule has 0 radical (unpaired) electrons. The molecule has 0 aliphatic carbocycles. The molecule has 3 rings (SSSR count). The standard InChI is InChI=1S/C14H10F3N3O/c15-14(16,17)8-4-5-10-9(7-8)12(20-13(21)19-10)11-3-1-2-6-18-11/h1-7,12H,(H2,19,20,21). The van der Waals surface area contributed by atoms with Crippen molar-refractivity contribution in [2.45, 2.75) is 12.2 Å². The molecule has 0 saturated heterocycles. The van der Waals surface area contributed by atoms with Gasteiger partial charge in [-0.2, -0.15) is 13.2 Å². The van der Waals surface area contributed by atoms with E-state index in [0.717, 1.165) is 12.1 Å². The van der Waals surface area contributed by atoms with E-state index in [0.29, 0.717) is 16.9 Å². The number of anilines is 1. The molecule has 4 nitrogen and oxygen atoms in total. The summed E-state index contributed by atoms with van der Waals surface area (Å²) < 4.78 is 38.5. The zero-order chi connectivity index (χ0) is 15.0. The topological polar surface area (TPSA) is 54.0 Å². The summed E-state index contributed by atoms with van der Waals surface area (Å²) in [7, 11) is 0. The van der Waals surface area contributed by atoms with E-state index in [1.165, 1.54) is 12.3 Å². The fourth-order valence-electron chi connectivity index (χ4n) is 2.24. The Hall–Kier alpha value is -2.57. The van der Waals surface area contributed by atoms with E-state index in [2.05, 4.69) is 15.6 Å². The number of carbonyl (C=O) groups excluding carboxylic acids is 1. The molecule has 1 aliphatic rings.